The van der Waals surface area contributed by atoms with Crippen molar-refractivity contribution in [3.63, 3.8) is 0 Å². The van der Waals surface area contributed by atoms with Crippen LogP contribution < -0.4 is 10.5 Å². The van der Waals surface area contributed by atoms with Crippen molar-refractivity contribution in [3.8, 4) is 5.75 Å². The van der Waals surface area contributed by atoms with Gasteiger partial charge in [0.15, 0.2) is 11.6 Å². The maximum absolute atomic E-state index is 15.0. The number of benzene rings is 1. The summed E-state index contributed by atoms with van der Waals surface area (Å²) in [5.74, 6) is 0.0706. The molecule has 0 bridgehead atoms. The summed E-state index contributed by atoms with van der Waals surface area (Å²) in [5, 5.41) is 0.696. The lowest BCUT2D eigenvalue weighted by Crippen LogP contribution is -2.18. The number of aromatic nitrogens is 1. The number of rotatable bonds is 7. The Bertz CT molecular complexity index is 700. The van der Waals surface area contributed by atoms with Gasteiger partial charge in [0.25, 0.3) is 0 Å². The number of halogens is 2. The van der Waals surface area contributed by atoms with Crippen LogP contribution in [0.2, 0.25) is 0 Å². The van der Waals surface area contributed by atoms with Crippen LogP contribution in [0.5, 0.6) is 5.75 Å². The first-order valence-corrected chi connectivity index (χ1v) is 8.33. The van der Waals surface area contributed by atoms with Crippen LogP contribution in [0.4, 0.5) is 4.39 Å². The Labute approximate surface area is 148 Å². The lowest BCUT2D eigenvalue weighted by atomic mass is 10.0. The molecule has 0 spiro atoms. The number of fused-ring (bicyclic) bond motifs is 3. The molecule has 0 radical (unpaired) electrons. The van der Waals surface area contributed by atoms with Gasteiger partial charge in [-0.15, -0.1) is 12.4 Å². The molecule has 1 aromatic carbocycles. The Kier molecular flexibility index (Phi) is 6.49. The maximum Gasteiger partial charge on any atom is 0.174 e. The second-order valence-electron chi connectivity index (χ2n) is 6.33. The zero-order valence-corrected chi connectivity index (χ0v) is 15.1. The molecule has 0 saturated carbocycles. The van der Waals surface area contributed by atoms with Crippen molar-refractivity contribution >= 4 is 23.3 Å². The average Bonchev–Trinajstić information content (AvgIpc) is 3.08. The third-order valence-electron chi connectivity index (χ3n) is 4.42. The fraction of sp³-hybridized carbons (Fsp3) is 0.556. The average molecular weight is 357 g/mol. The van der Waals surface area contributed by atoms with Gasteiger partial charge in [-0.05, 0) is 43.9 Å². The van der Waals surface area contributed by atoms with E-state index in [1.165, 1.54) is 5.69 Å². The van der Waals surface area contributed by atoms with Crippen molar-refractivity contribution in [2.24, 2.45) is 5.73 Å². The predicted molar refractivity (Wildman–Crippen MR) is 96.8 cm³/mol. The van der Waals surface area contributed by atoms with E-state index in [-0.39, 0.29) is 24.3 Å². The van der Waals surface area contributed by atoms with Crippen LogP contribution in [0.15, 0.2) is 12.1 Å². The predicted octanol–water partition coefficient (Wildman–Crippen LogP) is 3.45. The topological polar surface area (TPSA) is 49.4 Å². The molecule has 1 aliphatic rings. The normalized spacial score (nSPS) is 14.5. The zero-order chi connectivity index (χ0) is 16.4. The fourth-order valence-electron chi connectivity index (χ4n) is 3.50. The Morgan fingerprint density at radius 1 is 1.33 bits per heavy atom. The summed E-state index contributed by atoms with van der Waals surface area (Å²) < 4.78 is 27.9. The molecule has 0 unspecified atom stereocenters. The van der Waals surface area contributed by atoms with E-state index >= 15 is 4.39 Å². The SMILES string of the molecule is COCCCOc1ccc2c(c1F)c(C[C@H](C)N)c1n2CCC1.Cl. The minimum atomic E-state index is -0.252. The Morgan fingerprint density at radius 3 is 2.83 bits per heavy atom. The standard InChI is InChI=1S/C18H25FN2O2.ClH/c1-12(20)11-13-14-5-3-8-21(14)15-6-7-16(18(19)17(13)15)23-10-4-9-22-2;/h6-7,12H,3-5,8-11,20H2,1-2H3;1H/t12-;/m0./s1. The van der Waals surface area contributed by atoms with E-state index in [0.717, 1.165) is 36.9 Å². The van der Waals surface area contributed by atoms with E-state index < -0.39 is 0 Å². The second-order valence-corrected chi connectivity index (χ2v) is 6.33. The largest absolute Gasteiger partial charge is 0.490 e. The van der Waals surface area contributed by atoms with Gasteiger partial charge in [0.05, 0.1) is 12.1 Å². The molecule has 1 atom stereocenters. The zero-order valence-electron chi connectivity index (χ0n) is 14.3. The van der Waals surface area contributed by atoms with Gasteiger partial charge in [-0.25, -0.2) is 4.39 Å². The molecule has 4 nitrogen and oxygen atoms in total. The molecule has 0 aliphatic carbocycles. The van der Waals surface area contributed by atoms with Gasteiger partial charge in [0.2, 0.25) is 0 Å². The third kappa shape index (κ3) is 3.53. The highest BCUT2D eigenvalue weighted by molar-refractivity contribution is 5.88. The van der Waals surface area contributed by atoms with Gasteiger partial charge < -0.3 is 19.8 Å². The monoisotopic (exact) mass is 356 g/mol. The minimum absolute atomic E-state index is 0. The first-order valence-electron chi connectivity index (χ1n) is 8.33. The van der Waals surface area contributed by atoms with E-state index in [9.17, 15) is 0 Å². The number of hydrogen-bond acceptors (Lipinski definition) is 3. The van der Waals surface area contributed by atoms with E-state index in [1.54, 1.807) is 13.2 Å². The van der Waals surface area contributed by atoms with E-state index in [4.69, 9.17) is 15.2 Å². The second kappa shape index (κ2) is 8.19. The molecule has 24 heavy (non-hydrogen) atoms. The Morgan fingerprint density at radius 2 is 2.12 bits per heavy atom. The number of nitrogens with zero attached hydrogens (tertiary/aromatic N) is 1. The Balaban J connectivity index is 0.00000208. The molecule has 2 heterocycles. The van der Waals surface area contributed by atoms with Gasteiger partial charge in [-0.3, -0.25) is 0 Å². The number of ether oxygens (including phenoxy) is 2. The summed E-state index contributed by atoms with van der Waals surface area (Å²) in [6, 6.07) is 3.73. The fourth-order valence-corrected chi connectivity index (χ4v) is 3.50. The summed E-state index contributed by atoms with van der Waals surface area (Å²) >= 11 is 0. The summed E-state index contributed by atoms with van der Waals surface area (Å²) in [7, 11) is 1.65. The summed E-state index contributed by atoms with van der Waals surface area (Å²) in [6.07, 6.45) is 3.56. The highest BCUT2D eigenvalue weighted by Crippen LogP contribution is 2.37. The molecule has 1 aliphatic heterocycles. The van der Waals surface area contributed by atoms with Gasteiger partial charge in [0.1, 0.15) is 0 Å². The van der Waals surface area contributed by atoms with Crippen LogP contribution >= 0.6 is 12.4 Å². The van der Waals surface area contributed by atoms with Gasteiger partial charge in [-0.1, -0.05) is 0 Å². The van der Waals surface area contributed by atoms with E-state index in [2.05, 4.69) is 4.57 Å². The van der Waals surface area contributed by atoms with Gasteiger partial charge >= 0.3 is 0 Å². The molecule has 6 heteroatoms. The minimum Gasteiger partial charge on any atom is -0.490 e. The number of nitrogens with two attached hydrogens (primary N) is 1. The summed E-state index contributed by atoms with van der Waals surface area (Å²) in [6.45, 7) is 3.99. The van der Waals surface area contributed by atoms with Crippen molar-refractivity contribution < 1.29 is 13.9 Å². The summed E-state index contributed by atoms with van der Waals surface area (Å²) in [4.78, 5) is 0. The molecule has 2 N–H and O–H groups in total. The van der Waals surface area contributed by atoms with Crippen molar-refractivity contribution in [2.45, 2.75) is 45.2 Å². The highest BCUT2D eigenvalue weighted by Gasteiger charge is 2.25. The van der Waals surface area contributed by atoms with Crippen LogP contribution in [-0.4, -0.2) is 30.9 Å². The van der Waals surface area contributed by atoms with Crippen molar-refractivity contribution in [2.75, 3.05) is 20.3 Å². The van der Waals surface area contributed by atoms with Crippen molar-refractivity contribution in [1.82, 2.24) is 4.57 Å². The van der Waals surface area contributed by atoms with Crippen molar-refractivity contribution in [3.05, 3.63) is 29.2 Å². The molecular weight excluding hydrogens is 331 g/mol. The molecule has 0 amide bonds. The number of hydrogen-bond donors (Lipinski definition) is 1. The quantitative estimate of drug-likeness (QED) is 0.773. The molecule has 0 saturated heterocycles. The van der Waals surface area contributed by atoms with E-state index in [0.29, 0.717) is 30.8 Å². The first kappa shape index (κ1) is 19.0. The van der Waals surface area contributed by atoms with Crippen molar-refractivity contribution in [1.29, 1.82) is 0 Å². The lowest BCUT2D eigenvalue weighted by molar-refractivity contribution is 0.170. The van der Waals surface area contributed by atoms with Gasteiger partial charge in [0, 0.05) is 43.8 Å². The molecule has 2 aromatic rings. The third-order valence-corrected chi connectivity index (χ3v) is 4.42. The Hall–Kier alpha value is -1.30. The van der Waals surface area contributed by atoms with Gasteiger partial charge in [-0.2, -0.15) is 0 Å². The van der Waals surface area contributed by atoms with Crippen LogP contribution in [0.25, 0.3) is 10.9 Å². The summed E-state index contributed by atoms with van der Waals surface area (Å²) in [5.41, 5.74) is 9.27. The molecule has 0 fully saturated rings. The van der Waals surface area contributed by atoms with E-state index in [1.807, 2.05) is 13.0 Å². The number of aryl methyl sites for hydroxylation is 1. The molecule has 134 valence electrons. The van der Waals surface area contributed by atoms with Crippen LogP contribution in [0, 0.1) is 5.82 Å². The molecule has 1 aromatic heterocycles. The van der Waals surface area contributed by atoms with Crippen LogP contribution in [-0.2, 0) is 24.1 Å². The smallest absolute Gasteiger partial charge is 0.174 e. The number of methoxy groups -OCH3 is 1. The maximum atomic E-state index is 15.0. The van der Waals surface area contributed by atoms with Crippen LogP contribution in [0.1, 0.15) is 31.0 Å². The highest BCUT2D eigenvalue weighted by atomic mass is 35.5. The lowest BCUT2D eigenvalue weighted by Gasteiger charge is -2.10. The molecule has 3 rings (SSSR count). The first-order chi connectivity index (χ1) is 11.1. The molecular formula is C18H26ClFN2O2. The van der Waals surface area contributed by atoms with Crippen LogP contribution in [0.3, 0.4) is 0 Å².